The molecule has 0 saturated heterocycles. The Morgan fingerprint density at radius 2 is 2.43 bits per heavy atom. The average molecular weight is 194 g/mol. The van der Waals surface area contributed by atoms with Crippen LogP contribution in [-0.4, -0.2) is 22.7 Å². The monoisotopic (exact) mass is 194 g/mol. The summed E-state index contributed by atoms with van der Waals surface area (Å²) in [5, 5.41) is 4.11. The lowest BCUT2D eigenvalue weighted by molar-refractivity contribution is -0.118. The highest BCUT2D eigenvalue weighted by Gasteiger charge is 2.31. The van der Waals surface area contributed by atoms with Crippen LogP contribution in [0.25, 0.3) is 0 Å². The first-order chi connectivity index (χ1) is 6.74. The predicted octanol–water partition coefficient (Wildman–Crippen LogP) is 1.27. The van der Waals surface area contributed by atoms with Crippen LogP contribution in [0.4, 0.5) is 0 Å². The molecule has 1 aliphatic carbocycles. The van der Waals surface area contributed by atoms with Crippen molar-refractivity contribution in [1.82, 2.24) is 9.78 Å². The number of aryl methyl sites for hydroxylation is 1. The third-order valence-electron chi connectivity index (χ3n) is 2.80. The molecule has 4 nitrogen and oxygen atoms in total. The quantitative estimate of drug-likeness (QED) is 0.712. The highest BCUT2D eigenvalue weighted by Crippen LogP contribution is 2.35. The summed E-state index contributed by atoms with van der Waals surface area (Å²) in [5.41, 5.74) is 0.926. The molecule has 1 heterocycles. The lowest BCUT2D eigenvalue weighted by atomic mass is 10.0. The molecular weight excluding hydrogens is 180 g/mol. The van der Waals surface area contributed by atoms with Crippen molar-refractivity contribution in [3.8, 4) is 5.75 Å². The molecule has 1 aromatic heterocycles. The summed E-state index contributed by atoms with van der Waals surface area (Å²) in [6, 6.07) is 0. The minimum absolute atomic E-state index is 0.00236. The SMILES string of the molecule is COc1cnn(C)c1C1CCCC1=O. The van der Waals surface area contributed by atoms with Gasteiger partial charge in [0.15, 0.2) is 5.75 Å². The van der Waals surface area contributed by atoms with E-state index in [-0.39, 0.29) is 5.92 Å². The van der Waals surface area contributed by atoms with Crippen molar-refractivity contribution in [2.75, 3.05) is 7.11 Å². The minimum atomic E-state index is -0.00236. The van der Waals surface area contributed by atoms with Gasteiger partial charge in [0.1, 0.15) is 5.78 Å². The zero-order chi connectivity index (χ0) is 10.1. The first-order valence-corrected chi connectivity index (χ1v) is 4.82. The fraction of sp³-hybridized carbons (Fsp3) is 0.600. The highest BCUT2D eigenvalue weighted by atomic mass is 16.5. The van der Waals surface area contributed by atoms with Gasteiger partial charge < -0.3 is 4.74 Å². The van der Waals surface area contributed by atoms with Crippen LogP contribution in [0, 0.1) is 0 Å². The van der Waals surface area contributed by atoms with E-state index in [0.717, 1.165) is 24.3 Å². The fourth-order valence-corrected chi connectivity index (χ4v) is 2.09. The van der Waals surface area contributed by atoms with Gasteiger partial charge in [0, 0.05) is 13.5 Å². The second kappa shape index (κ2) is 3.44. The minimum Gasteiger partial charge on any atom is -0.493 e. The maximum Gasteiger partial charge on any atom is 0.160 e. The van der Waals surface area contributed by atoms with Gasteiger partial charge in [-0.15, -0.1) is 0 Å². The number of methoxy groups -OCH3 is 1. The molecular formula is C10H14N2O2. The molecule has 1 atom stereocenters. The summed E-state index contributed by atoms with van der Waals surface area (Å²) in [6.45, 7) is 0. The number of Topliss-reactive ketones (excluding diaryl/α,β-unsaturated/α-hetero) is 1. The van der Waals surface area contributed by atoms with E-state index in [9.17, 15) is 4.79 Å². The van der Waals surface area contributed by atoms with Gasteiger partial charge in [-0.25, -0.2) is 0 Å². The Hall–Kier alpha value is -1.32. The fourth-order valence-electron chi connectivity index (χ4n) is 2.09. The van der Waals surface area contributed by atoms with E-state index >= 15 is 0 Å². The van der Waals surface area contributed by atoms with Crippen LogP contribution in [0.3, 0.4) is 0 Å². The van der Waals surface area contributed by atoms with Gasteiger partial charge in [-0.05, 0) is 12.8 Å². The van der Waals surface area contributed by atoms with Gasteiger partial charge in [-0.3, -0.25) is 9.48 Å². The van der Waals surface area contributed by atoms with Crippen LogP contribution in [0.5, 0.6) is 5.75 Å². The van der Waals surface area contributed by atoms with Crippen molar-refractivity contribution in [2.45, 2.75) is 25.2 Å². The number of ketones is 1. The first kappa shape index (κ1) is 9.24. The molecule has 0 spiro atoms. The number of rotatable bonds is 2. The molecule has 1 fully saturated rings. The molecule has 76 valence electrons. The Bertz CT molecular complexity index is 357. The van der Waals surface area contributed by atoms with Crippen LogP contribution in [0.1, 0.15) is 30.9 Å². The second-order valence-electron chi connectivity index (χ2n) is 3.63. The number of carbonyl (C=O) groups is 1. The van der Waals surface area contributed by atoms with Crippen molar-refractivity contribution in [3.63, 3.8) is 0 Å². The average Bonchev–Trinajstić information content (AvgIpc) is 2.72. The molecule has 0 bridgehead atoms. The highest BCUT2D eigenvalue weighted by molar-refractivity contribution is 5.87. The lowest BCUT2D eigenvalue weighted by Gasteiger charge is -2.10. The Balaban J connectivity index is 2.38. The van der Waals surface area contributed by atoms with E-state index in [2.05, 4.69) is 5.10 Å². The zero-order valence-electron chi connectivity index (χ0n) is 8.49. The number of aromatic nitrogens is 2. The summed E-state index contributed by atoms with van der Waals surface area (Å²) in [4.78, 5) is 11.6. The summed E-state index contributed by atoms with van der Waals surface area (Å²) in [7, 11) is 3.46. The number of ether oxygens (including phenoxy) is 1. The van der Waals surface area contributed by atoms with Crippen molar-refractivity contribution in [2.24, 2.45) is 7.05 Å². The molecule has 1 unspecified atom stereocenters. The molecule has 2 rings (SSSR count). The molecule has 0 radical (unpaired) electrons. The summed E-state index contributed by atoms with van der Waals surface area (Å²) in [6.07, 6.45) is 4.27. The van der Waals surface area contributed by atoms with Crippen LogP contribution >= 0.6 is 0 Å². The Morgan fingerprint density at radius 3 is 3.00 bits per heavy atom. The summed E-state index contributed by atoms with van der Waals surface area (Å²) >= 11 is 0. The van der Waals surface area contributed by atoms with Crippen LogP contribution in [0.2, 0.25) is 0 Å². The Labute approximate surface area is 82.9 Å². The third kappa shape index (κ3) is 1.31. The maximum absolute atomic E-state index is 11.6. The molecule has 0 aliphatic heterocycles. The van der Waals surface area contributed by atoms with Gasteiger partial charge in [0.05, 0.1) is 24.9 Å². The molecule has 4 heteroatoms. The Morgan fingerprint density at radius 1 is 1.64 bits per heavy atom. The van der Waals surface area contributed by atoms with Gasteiger partial charge in [-0.2, -0.15) is 5.10 Å². The van der Waals surface area contributed by atoms with E-state index in [1.54, 1.807) is 18.0 Å². The molecule has 14 heavy (non-hydrogen) atoms. The molecule has 1 aliphatic rings. The maximum atomic E-state index is 11.6. The summed E-state index contributed by atoms with van der Waals surface area (Å²) < 4.78 is 6.93. The van der Waals surface area contributed by atoms with E-state index in [1.807, 2.05) is 7.05 Å². The normalized spacial score (nSPS) is 21.6. The van der Waals surface area contributed by atoms with Gasteiger partial charge in [0.2, 0.25) is 0 Å². The lowest BCUT2D eigenvalue weighted by Crippen LogP contribution is -2.10. The first-order valence-electron chi connectivity index (χ1n) is 4.82. The topological polar surface area (TPSA) is 44.1 Å². The second-order valence-corrected chi connectivity index (χ2v) is 3.63. The number of hydrogen-bond acceptors (Lipinski definition) is 3. The molecule has 0 N–H and O–H groups in total. The van der Waals surface area contributed by atoms with Crippen molar-refractivity contribution in [3.05, 3.63) is 11.9 Å². The third-order valence-corrected chi connectivity index (χ3v) is 2.80. The van der Waals surface area contributed by atoms with Crippen molar-refractivity contribution < 1.29 is 9.53 Å². The van der Waals surface area contributed by atoms with E-state index in [0.29, 0.717) is 12.2 Å². The van der Waals surface area contributed by atoms with Crippen molar-refractivity contribution in [1.29, 1.82) is 0 Å². The smallest absolute Gasteiger partial charge is 0.160 e. The van der Waals surface area contributed by atoms with Crippen LogP contribution in [0.15, 0.2) is 6.20 Å². The van der Waals surface area contributed by atoms with Crippen molar-refractivity contribution >= 4 is 5.78 Å². The predicted molar refractivity (Wildman–Crippen MR) is 51.4 cm³/mol. The van der Waals surface area contributed by atoms with E-state index in [4.69, 9.17) is 4.74 Å². The van der Waals surface area contributed by atoms with Crippen LogP contribution < -0.4 is 4.74 Å². The number of carbonyl (C=O) groups excluding carboxylic acids is 1. The molecule has 1 aromatic rings. The zero-order valence-corrected chi connectivity index (χ0v) is 8.49. The van der Waals surface area contributed by atoms with E-state index in [1.165, 1.54) is 0 Å². The molecule has 0 aromatic carbocycles. The van der Waals surface area contributed by atoms with Gasteiger partial charge >= 0.3 is 0 Å². The number of nitrogens with zero attached hydrogens (tertiary/aromatic N) is 2. The molecule has 1 saturated carbocycles. The van der Waals surface area contributed by atoms with Crippen LogP contribution in [-0.2, 0) is 11.8 Å². The Kier molecular flexibility index (Phi) is 2.27. The summed E-state index contributed by atoms with van der Waals surface area (Å²) in [5.74, 6) is 1.04. The standard InChI is InChI=1S/C10H14N2O2/c1-12-10(9(14-2)6-11-12)7-4-3-5-8(7)13/h6-7H,3-5H2,1-2H3. The van der Waals surface area contributed by atoms with E-state index < -0.39 is 0 Å². The number of hydrogen-bond donors (Lipinski definition) is 0. The largest absolute Gasteiger partial charge is 0.493 e. The van der Waals surface area contributed by atoms with Gasteiger partial charge in [-0.1, -0.05) is 0 Å². The van der Waals surface area contributed by atoms with Gasteiger partial charge in [0.25, 0.3) is 0 Å². The molecule has 0 amide bonds.